The molecular formula is C18H20N2O2. The highest BCUT2D eigenvalue weighted by molar-refractivity contribution is 6.21. The fourth-order valence-electron chi connectivity index (χ4n) is 3.03. The summed E-state index contributed by atoms with van der Waals surface area (Å²) < 4.78 is 0. The molecule has 0 saturated carbocycles. The van der Waals surface area contributed by atoms with Crippen LogP contribution in [-0.4, -0.2) is 23.9 Å². The maximum absolute atomic E-state index is 12.4. The summed E-state index contributed by atoms with van der Waals surface area (Å²) in [5, 5.41) is 2.84. The molecule has 0 saturated heterocycles. The van der Waals surface area contributed by atoms with Crippen molar-refractivity contribution in [3.8, 4) is 0 Å². The van der Waals surface area contributed by atoms with Crippen molar-refractivity contribution in [1.82, 2.24) is 5.32 Å². The number of hydrogen-bond donors (Lipinski definition) is 1. The first-order valence-electron chi connectivity index (χ1n) is 7.76. The summed E-state index contributed by atoms with van der Waals surface area (Å²) in [5.41, 5.74) is 2.91. The molecule has 114 valence electrons. The van der Waals surface area contributed by atoms with E-state index in [0.717, 1.165) is 36.0 Å². The minimum absolute atomic E-state index is 0.0259. The van der Waals surface area contributed by atoms with Crippen LogP contribution in [0, 0.1) is 12.8 Å². The van der Waals surface area contributed by atoms with Crippen molar-refractivity contribution >= 4 is 17.9 Å². The minimum atomic E-state index is -0.773. The van der Waals surface area contributed by atoms with Crippen molar-refractivity contribution in [1.29, 1.82) is 0 Å². The number of benzene rings is 1. The molecule has 1 aromatic carbocycles. The van der Waals surface area contributed by atoms with Crippen LogP contribution >= 0.6 is 0 Å². The second kappa shape index (κ2) is 6.26. The van der Waals surface area contributed by atoms with Crippen molar-refractivity contribution in [3.63, 3.8) is 0 Å². The number of hydrogen-bond acceptors (Lipinski definition) is 3. The maximum atomic E-state index is 12.4. The summed E-state index contributed by atoms with van der Waals surface area (Å²) in [5.74, 6) is -1.12. The van der Waals surface area contributed by atoms with Crippen LogP contribution in [0.3, 0.4) is 0 Å². The van der Waals surface area contributed by atoms with Crippen LogP contribution in [0.1, 0.15) is 30.4 Å². The first-order valence-corrected chi connectivity index (χ1v) is 7.76. The van der Waals surface area contributed by atoms with E-state index in [9.17, 15) is 9.59 Å². The molecule has 1 heterocycles. The Morgan fingerprint density at radius 2 is 2.27 bits per heavy atom. The van der Waals surface area contributed by atoms with Crippen molar-refractivity contribution in [3.05, 3.63) is 47.0 Å². The number of carbonyl (C=O) groups excluding carboxylic acids is 2. The summed E-state index contributed by atoms with van der Waals surface area (Å²) in [4.78, 5) is 29.1. The number of ketones is 1. The van der Waals surface area contributed by atoms with Gasteiger partial charge >= 0.3 is 0 Å². The van der Waals surface area contributed by atoms with Gasteiger partial charge in [-0.3, -0.25) is 14.6 Å². The van der Waals surface area contributed by atoms with Gasteiger partial charge in [-0.25, -0.2) is 0 Å². The third kappa shape index (κ3) is 3.01. The standard InChI is InChI=1S/C18H20N2O2/c1-12-5-4-6-13(9-12)10-20-18(22)15-11-19-16-8-3-2-7-14(16)17(15)21/h4-7,9,11,15-16H,2-3,8,10H2,1H3,(H,20,22). The Hall–Kier alpha value is -2.23. The molecule has 22 heavy (non-hydrogen) atoms. The first-order chi connectivity index (χ1) is 10.6. The normalized spacial score (nSPS) is 23.7. The topological polar surface area (TPSA) is 58.5 Å². The van der Waals surface area contributed by atoms with Gasteiger partial charge in [0.05, 0.1) is 6.04 Å². The van der Waals surface area contributed by atoms with Crippen molar-refractivity contribution in [2.45, 2.75) is 38.8 Å². The Bertz CT molecular complexity index is 661. The smallest absolute Gasteiger partial charge is 0.236 e. The zero-order valence-corrected chi connectivity index (χ0v) is 12.7. The van der Waals surface area contributed by atoms with Crippen LogP contribution < -0.4 is 5.32 Å². The molecule has 2 unspecified atom stereocenters. The second-order valence-electron chi connectivity index (χ2n) is 5.95. The van der Waals surface area contributed by atoms with E-state index < -0.39 is 5.92 Å². The van der Waals surface area contributed by atoms with Gasteiger partial charge in [0.15, 0.2) is 5.78 Å². The highest BCUT2D eigenvalue weighted by Gasteiger charge is 2.35. The van der Waals surface area contributed by atoms with Gasteiger partial charge in [0, 0.05) is 18.3 Å². The predicted octanol–water partition coefficient (Wildman–Crippen LogP) is 2.36. The van der Waals surface area contributed by atoms with Gasteiger partial charge in [-0.1, -0.05) is 35.9 Å². The average Bonchev–Trinajstić information content (AvgIpc) is 2.53. The van der Waals surface area contributed by atoms with Gasteiger partial charge in [-0.2, -0.15) is 0 Å². The van der Waals surface area contributed by atoms with Gasteiger partial charge in [0.25, 0.3) is 0 Å². The molecule has 1 aromatic rings. The molecule has 2 aliphatic rings. The third-order valence-corrected chi connectivity index (χ3v) is 4.22. The molecule has 0 radical (unpaired) electrons. The highest BCUT2D eigenvalue weighted by Crippen LogP contribution is 2.27. The third-order valence-electron chi connectivity index (χ3n) is 4.22. The predicted molar refractivity (Wildman–Crippen MR) is 85.7 cm³/mol. The number of aryl methyl sites for hydroxylation is 1. The quantitative estimate of drug-likeness (QED) is 0.871. The Morgan fingerprint density at radius 3 is 3.09 bits per heavy atom. The van der Waals surface area contributed by atoms with Gasteiger partial charge < -0.3 is 5.32 Å². The zero-order valence-electron chi connectivity index (χ0n) is 12.7. The van der Waals surface area contributed by atoms with Crippen LogP contribution in [0.25, 0.3) is 0 Å². The van der Waals surface area contributed by atoms with Crippen LogP contribution in [0.4, 0.5) is 0 Å². The molecule has 4 heteroatoms. The average molecular weight is 296 g/mol. The molecule has 1 aliphatic carbocycles. The van der Waals surface area contributed by atoms with Gasteiger partial charge in [-0.05, 0) is 31.7 Å². The monoisotopic (exact) mass is 296 g/mol. The van der Waals surface area contributed by atoms with Gasteiger partial charge in [0.2, 0.25) is 5.91 Å². The van der Waals surface area contributed by atoms with E-state index in [1.807, 2.05) is 37.3 Å². The van der Waals surface area contributed by atoms with Crippen LogP contribution in [0.2, 0.25) is 0 Å². The van der Waals surface area contributed by atoms with E-state index in [0.29, 0.717) is 6.54 Å². The Labute approximate surface area is 130 Å². The number of Topliss-reactive ketones (excluding diaryl/α,β-unsaturated/α-hetero) is 1. The lowest BCUT2D eigenvalue weighted by Crippen LogP contribution is -2.41. The number of rotatable bonds is 3. The summed E-state index contributed by atoms with van der Waals surface area (Å²) in [6.07, 6.45) is 6.36. The molecule has 0 spiro atoms. The SMILES string of the molecule is Cc1cccc(CNC(=O)C2C=NC3CCCC=C3C2=O)c1. The maximum Gasteiger partial charge on any atom is 0.236 e. The molecule has 3 rings (SSSR count). The lowest BCUT2D eigenvalue weighted by Gasteiger charge is -2.26. The van der Waals surface area contributed by atoms with Crippen molar-refractivity contribution in [2.75, 3.05) is 0 Å². The van der Waals surface area contributed by atoms with Crippen LogP contribution in [0.15, 0.2) is 40.9 Å². The van der Waals surface area contributed by atoms with Gasteiger partial charge in [-0.15, -0.1) is 0 Å². The summed E-state index contributed by atoms with van der Waals surface area (Å²) in [6, 6.07) is 7.93. The number of aliphatic imine (C=N–C) groups is 1. The number of allylic oxidation sites excluding steroid dienone is 1. The summed E-state index contributed by atoms with van der Waals surface area (Å²) >= 11 is 0. The second-order valence-corrected chi connectivity index (χ2v) is 5.95. The lowest BCUT2D eigenvalue weighted by atomic mass is 9.84. The summed E-state index contributed by atoms with van der Waals surface area (Å²) in [7, 11) is 0. The molecule has 1 aliphatic heterocycles. The van der Waals surface area contributed by atoms with Gasteiger partial charge in [0.1, 0.15) is 5.92 Å². The number of amides is 1. The number of nitrogens with zero attached hydrogens (tertiary/aromatic N) is 1. The molecule has 1 amide bonds. The highest BCUT2D eigenvalue weighted by atomic mass is 16.2. The lowest BCUT2D eigenvalue weighted by molar-refractivity contribution is -0.129. The molecule has 0 bridgehead atoms. The van der Waals surface area contributed by atoms with E-state index in [1.54, 1.807) is 0 Å². The number of carbonyl (C=O) groups is 2. The zero-order chi connectivity index (χ0) is 15.5. The Balaban J connectivity index is 1.66. The van der Waals surface area contributed by atoms with Crippen molar-refractivity contribution in [2.24, 2.45) is 10.9 Å². The van der Waals surface area contributed by atoms with E-state index >= 15 is 0 Å². The molecule has 0 aromatic heterocycles. The minimum Gasteiger partial charge on any atom is -0.351 e. The molecule has 1 N–H and O–H groups in total. The van der Waals surface area contributed by atoms with Crippen LogP contribution in [-0.2, 0) is 16.1 Å². The number of fused-ring (bicyclic) bond motifs is 1. The Morgan fingerprint density at radius 1 is 1.41 bits per heavy atom. The fraction of sp³-hybridized carbons (Fsp3) is 0.389. The van der Waals surface area contributed by atoms with E-state index in [1.165, 1.54) is 6.21 Å². The molecule has 2 atom stereocenters. The molecule has 0 fully saturated rings. The van der Waals surface area contributed by atoms with Crippen molar-refractivity contribution < 1.29 is 9.59 Å². The summed E-state index contributed by atoms with van der Waals surface area (Å²) in [6.45, 7) is 2.44. The largest absolute Gasteiger partial charge is 0.351 e. The van der Waals surface area contributed by atoms with E-state index in [2.05, 4.69) is 10.3 Å². The first kappa shape index (κ1) is 14.7. The van der Waals surface area contributed by atoms with E-state index in [-0.39, 0.29) is 17.7 Å². The Kier molecular flexibility index (Phi) is 4.18. The molecule has 4 nitrogen and oxygen atoms in total. The number of nitrogens with one attached hydrogen (secondary N) is 1. The van der Waals surface area contributed by atoms with E-state index in [4.69, 9.17) is 0 Å². The molecular weight excluding hydrogens is 276 g/mol. The fourth-order valence-corrected chi connectivity index (χ4v) is 3.03. The van der Waals surface area contributed by atoms with Crippen LogP contribution in [0.5, 0.6) is 0 Å².